The molecule has 0 aliphatic heterocycles. The molecule has 4 aromatic rings. The topological polar surface area (TPSA) is 46.5 Å². The van der Waals surface area contributed by atoms with Crippen LogP contribution in [0.15, 0.2) is 42.6 Å². The number of rotatable bonds is 2. The number of aryl methyl sites for hydroxylation is 1. The number of fused-ring (bicyclic) bond motifs is 1. The Hall–Kier alpha value is -3.23. The lowest BCUT2D eigenvalue weighted by Gasteiger charge is -2.01. The summed E-state index contributed by atoms with van der Waals surface area (Å²) in [6.45, 7) is 0. The van der Waals surface area contributed by atoms with Crippen molar-refractivity contribution in [1.82, 2.24) is 19.7 Å². The van der Waals surface area contributed by atoms with Gasteiger partial charge in [-0.15, -0.1) is 0 Å². The molecule has 0 aliphatic carbocycles. The first-order chi connectivity index (χ1) is 12.7. The van der Waals surface area contributed by atoms with E-state index in [2.05, 4.69) is 15.1 Å². The van der Waals surface area contributed by atoms with Gasteiger partial charge in [-0.25, -0.2) is 8.78 Å². The van der Waals surface area contributed by atoms with Crippen LogP contribution in [0.3, 0.4) is 0 Å². The molecule has 0 saturated heterocycles. The summed E-state index contributed by atoms with van der Waals surface area (Å²) >= 11 is 0. The molecular formula is C18H11F5N4. The molecule has 0 radical (unpaired) electrons. The van der Waals surface area contributed by atoms with E-state index in [0.717, 1.165) is 22.9 Å². The van der Waals surface area contributed by atoms with Gasteiger partial charge in [0.15, 0.2) is 5.69 Å². The van der Waals surface area contributed by atoms with Gasteiger partial charge < -0.3 is 4.98 Å². The average molecular weight is 378 g/mol. The molecule has 4 nitrogen and oxygen atoms in total. The first kappa shape index (κ1) is 17.2. The summed E-state index contributed by atoms with van der Waals surface area (Å²) in [5.74, 6) is -1.45. The predicted octanol–water partition coefficient (Wildman–Crippen LogP) is 4.93. The fourth-order valence-electron chi connectivity index (χ4n) is 2.91. The molecule has 1 N–H and O–H groups in total. The van der Waals surface area contributed by atoms with Crippen LogP contribution in [0, 0.1) is 11.6 Å². The summed E-state index contributed by atoms with van der Waals surface area (Å²) < 4.78 is 67.6. The maximum absolute atomic E-state index is 14.0. The van der Waals surface area contributed by atoms with Crippen LogP contribution in [0.25, 0.3) is 33.5 Å². The molecule has 3 heterocycles. The molecule has 0 amide bonds. The van der Waals surface area contributed by atoms with E-state index in [0.29, 0.717) is 10.9 Å². The highest BCUT2D eigenvalue weighted by Gasteiger charge is 2.34. The Labute approximate surface area is 149 Å². The minimum absolute atomic E-state index is 0.170. The fraction of sp³-hybridized carbons (Fsp3) is 0.111. The number of aromatic amines is 1. The van der Waals surface area contributed by atoms with Gasteiger partial charge in [-0.2, -0.15) is 18.3 Å². The first-order valence-corrected chi connectivity index (χ1v) is 7.79. The summed E-state index contributed by atoms with van der Waals surface area (Å²) in [5.41, 5.74) is -0.105. The number of nitrogens with one attached hydrogen (secondary N) is 1. The van der Waals surface area contributed by atoms with E-state index in [1.165, 1.54) is 31.4 Å². The molecule has 0 unspecified atom stereocenters. The fourth-order valence-corrected chi connectivity index (χ4v) is 2.91. The molecule has 9 heteroatoms. The third kappa shape index (κ3) is 2.94. The summed E-state index contributed by atoms with van der Waals surface area (Å²) in [5, 5.41) is 4.01. The van der Waals surface area contributed by atoms with Crippen LogP contribution < -0.4 is 0 Å². The Bertz CT molecular complexity index is 1140. The number of pyridine rings is 1. The number of hydrogen-bond donors (Lipinski definition) is 1. The van der Waals surface area contributed by atoms with Gasteiger partial charge in [-0.1, -0.05) is 6.07 Å². The zero-order chi connectivity index (χ0) is 19.3. The van der Waals surface area contributed by atoms with Crippen molar-refractivity contribution >= 4 is 10.9 Å². The average Bonchev–Trinajstić information content (AvgIpc) is 3.17. The molecule has 3 aromatic heterocycles. The van der Waals surface area contributed by atoms with Crippen LogP contribution in [-0.2, 0) is 13.2 Å². The second-order valence-corrected chi connectivity index (χ2v) is 5.97. The van der Waals surface area contributed by atoms with E-state index in [4.69, 9.17) is 0 Å². The van der Waals surface area contributed by atoms with Crippen LogP contribution in [0.1, 0.15) is 5.69 Å². The van der Waals surface area contributed by atoms with Gasteiger partial charge in [-0.05, 0) is 30.3 Å². The molecule has 0 bridgehead atoms. The van der Waals surface area contributed by atoms with Gasteiger partial charge in [0.1, 0.15) is 11.6 Å². The van der Waals surface area contributed by atoms with Crippen LogP contribution in [0.4, 0.5) is 22.0 Å². The molecule has 0 saturated carbocycles. The van der Waals surface area contributed by atoms with E-state index in [-0.39, 0.29) is 22.6 Å². The lowest BCUT2D eigenvalue weighted by atomic mass is 10.1. The third-order valence-electron chi connectivity index (χ3n) is 4.17. The van der Waals surface area contributed by atoms with Crippen molar-refractivity contribution in [2.24, 2.45) is 7.05 Å². The smallest absolute Gasteiger partial charge is 0.353 e. The normalized spacial score (nSPS) is 12.1. The van der Waals surface area contributed by atoms with E-state index >= 15 is 0 Å². The Morgan fingerprint density at radius 1 is 1.04 bits per heavy atom. The maximum atomic E-state index is 14.0. The molecule has 0 atom stereocenters. The van der Waals surface area contributed by atoms with Crippen molar-refractivity contribution in [2.45, 2.75) is 6.18 Å². The highest BCUT2D eigenvalue weighted by molar-refractivity contribution is 5.87. The van der Waals surface area contributed by atoms with E-state index in [1.807, 2.05) is 0 Å². The van der Waals surface area contributed by atoms with Gasteiger partial charge in [0.25, 0.3) is 0 Å². The molecule has 27 heavy (non-hydrogen) atoms. The van der Waals surface area contributed by atoms with Crippen LogP contribution in [0.2, 0.25) is 0 Å². The highest BCUT2D eigenvalue weighted by atomic mass is 19.4. The van der Waals surface area contributed by atoms with Gasteiger partial charge in [0, 0.05) is 12.4 Å². The summed E-state index contributed by atoms with van der Waals surface area (Å²) in [6.07, 6.45) is -3.17. The molecule has 0 aliphatic rings. The monoisotopic (exact) mass is 378 g/mol. The van der Waals surface area contributed by atoms with Crippen molar-refractivity contribution in [1.29, 1.82) is 0 Å². The molecule has 1 aromatic carbocycles. The number of benzene rings is 1. The summed E-state index contributed by atoms with van der Waals surface area (Å²) in [6, 6.07) is 7.49. The van der Waals surface area contributed by atoms with E-state index < -0.39 is 23.5 Å². The van der Waals surface area contributed by atoms with Gasteiger partial charge in [0.05, 0.1) is 34.4 Å². The quantitative estimate of drug-likeness (QED) is 0.503. The maximum Gasteiger partial charge on any atom is 0.435 e. The number of H-pyrrole nitrogens is 1. The molecule has 0 fully saturated rings. The third-order valence-corrected chi connectivity index (χ3v) is 4.17. The second kappa shape index (κ2) is 5.90. The van der Waals surface area contributed by atoms with Crippen LogP contribution >= 0.6 is 0 Å². The lowest BCUT2D eigenvalue weighted by Crippen LogP contribution is -2.06. The van der Waals surface area contributed by atoms with Crippen LogP contribution in [-0.4, -0.2) is 19.7 Å². The molecule has 138 valence electrons. The highest BCUT2D eigenvalue weighted by Crippen LogP contribution is 2.33. The Kier molecular flexibility index (Phi) is 3.76. The number of nitrogens with zero attached hydrogens (tertiary/aromatic N) is 3. The van der Waals surface area contributed by atoms with Gasteiger partial charge in [0.2, 0.25) is 0 Å². The Morgan fingerprint density at radius 2 is 1.74 bits per heavy atom. The van der Waals surface area contributed by atoms with Crippen molar-refractivity contribution in [3.05, 3.63) is 59.9 Å². The Morgan fingerprint density at radius 3 is 2.37 bits per heavy atom. The lowest BCUT2D eigenvalue weighted by molar-refractivity contribution is -0.141. The number of halogens is 5. The standard InChI is InChI=1S/C18H11F5N4/c1-27-15(7-16(26-27)18(21,22)23)12-5-9-6-13(25-14(9)8-24-12)17-10(19)3-2-4-11(17)20/h2-8,25H,1H3. The number of aromatic nitrogens is 4. The SMILES string of the molecule is Cn1nc(C(F)(F)F)cc1-c1cc2cc(-c3c(F)cccc3F)[nH]c2cn1. The van der Waals surface area contributed by atoms with Crippen LogP contribution in [0.5, 0.6) is 0 Å². The first-order valence-electron chi connectivity index (χ1n) is 7.79. The van der Waals surface area contributed by atoms with Crippen molar-refractivity contribution in [3.63, 3.8) is 0 Å². The zero-order valence-corrected chi connectivity index (χ0v) is 13.8. The molecule has 4 rings (SSSR count). The van der Waals surface area contributed by atoms with E-state index in [1.54, 1.807) is 0 Å². The zero-order valence-electron chi connectivity index (χ0n) is 13.8. The number of hydrogen-bond acceptors (Lipinski definition) is 2. The molecule has 0 spiro atoms. The van der Waals surface area contributed by atoms with Crippen molar-refractivity contribution in [2.75, 3.05) is 0 Å². The largest absolute Gasteiger partial charge is 0.435 e. The molecular weight excluding hydrogens is 367 g/mol. The van der Waals surface area contributed by atoms with Crippen molar-refractivity contribution in [3.8, 4) is 22.6 Å². The predicted molar refractivity (Wildman–Crippen MR) is 88.6 cm³/mol. The van der Waals surface area contributed by atoms with Crippen molar-refractivity contribution < 1.29 is 22.0 Å². The second-order valence-electron chi connectivity index (χ2n) is 5.97. The van der Waals surface area contributed by atoms with Gasteiger partial charge in [-0.3, -0.25) is 9.67 Å². The minimum atomic E-state index is -4.57. The number of alkyl halides is 3. The Balaban J connectivity index is 1.82. The van der Waals surface area contributed by atoms with E-state index in [9.17, 15) is 22.0 Å². The van der Waals surface area contributed by atoms with Gasteiger partial charge >= 0.3 is 6.18 Å². The summed E-state index contributed by atoms with van der Waals surface area (Å²) in [7, 11) is 1.38. The minimum Gasteiger partial charge on any atom is -0.353 e. The summed E-state index contributed by atoms with van der Waals surface area (Å²) in [4.78, 5) is 7.01.